The van der Waals surface area contributed by atoms with Crippen molar-refractivity contribution in [3.05, 3.63) is 48.9 Å². The number of aromatic nitrogens is 3. The fourth-order valence-electron chi connectivity index (χ4n) is 2.90. The SMILES string of the molecule is CC(C)(C)n1c(-c2ccc3ocnc3c2)nc2ccccc21. The van der Waals surface area contributed by atoms with Crippen molar-refractivity contribution in [2.45, 2.75) is 26.3 Å². The van der Waals surface area contributed by atoms with Crippen LogP contribution in [0.25, 0.3) is 33.5 Å². The third-order valence-electron chi connectivity index (χ3n) is 3.82. The van der Waals surface area contributed by atoms with E-state index in [0.29, 0.717) is 0 Å². The molecule has 0 aliphatic carbocycles. The first-order valence-electron chi connectivity index (χ1n) is 7.36. The van der Waals surface area contributed by atoms with Crippen LogP contribution in [-0.4, -0.2) is 14.5 Å². The van der Waals surface area contributed by atoms with Crippen molar-refractivity contribution < 1.29 is 4.42 Å². The van der Waals surface area contributed by atoms with Crippen molar-refractivity contribution in [3.8, 4) is 11.4 Å². The van der Waals surface area contributed by atoms with E-state index in [4.69, 9.17) is 9.40 Å². The number of imidazole rings is 1. The quantitative estimate of drug-likeness (QED) is 0.515. The maximum Gasteiger partial charge on any atom is 0.181 e. The van der Waals surface area contributed by atoms with Gasteiger partial charge in [0.15, 0.2) is 12.0 Å². The Hall–Kier alpha value is -2.62. The normalized spacial score (nSPS) is 12.3. The van der Waals surface area contributed by atoms with Crippen molar-refractivity contribution >= 4 is 22.1 Å². The van der Waals surface area contributed by atoms with Crippen LogP contribution in [0.1, 0.15) is 20.8 Å². The van der Waals surface area contributed by atoms with Gasteiger partial charge in [0.2, 0.25) is 0 Å². The number of rotatable bonds is 1. The Morgan fingerprint density at radius 2 is 1.82 bits per heavy atom. The highest BCUT2D eigenvalue weighted by Gasteiger charge is 2.22. The number of para-hydroxylation sites is 2. The summed E-state index contributed by atoms with van der Waals surface area (Å²) in [6, 6.07) is 14.3. The average Bonchev–Trinajstić information content (AvgIpc) is 3.09. The minimum absolute atomic E-state index is 0.0653. The van der Waals surface area contributed by atoms with Gasteiger partial charge >= 0.3 is 0 Å². The minimum Gasteiger partial charge on any atom is -0.443 e. The Morgan fingerprint density at radius 1 is 1.00 bits per heavy atom. The van der Waals surface area contributed by atoms with Crippen molar-refractivity contribution in [2.24, 2.45) is 0 Å². The van der Waals surface area contributed by atoms with Gasteiger partial charge in [0.1, 0.15) is 11.3 Å². The van der Waals surface area contributed by atoms with Gasteiger partial charge < -0.3 is 8.98 Å². The second kappa shape index (κ2) is 4.44. The third-order valence-corrected chi connectivity index (χ3v) is 3.82. The molecule has 4 rings (SSSR count). The van der Waals surface area contributed by atoms with Gasteiger partial charge in [0.05, 0.1) is 11.0 Å². The van der Waals surface area contributed by atoms with Crippen LogP contribution in [-0.2, 0) is 5.54 Å². The van der Waals surface area contributed by atoms with Crippen LogP contribution in [0.2, 0.25) is 0 Å². The summed E-state index contributed by atoms with van der Waals surface area (Å²) in [5.74, 6) is 0.957. The molecule has 0 bridgehead atoms. The van der Waals surface area contributed by atoms with E-state index < -0.39 is 0 Å². The van der Waals surface area contributed by atoms with E-state index in [1.165, 1.54) is 6.39 Å². The number of benzene rings is 2. The van der Waals surface area contributed by atoms with Crippen molar-refractivity contribution in [1.29, 1.82) is 0 Å². The number of nitrogens with zero attached hydrogens (tertiary/aromatic N) is 3. The topological polar surface area (TPSA) is 43.9 Å². The first-order valence-corrected chi connectivity index (χ1v) is 7.36. The lowest BCUT2D eigenvalue weighted by Gasteiger charge is -2.24. The fourth-order valence-corrected chi connectivity index (χ4v) is 2.90. The van der Waals surface area contributed by atoms with E-state index in [1.807, 2.05) is 24.3 Å². The first kappa shape index (κ1) is 13.1. The number of fused-ring (bicyclic) bond motifs is 2. The lowest BCUT2D eigenvalue weighted by Crippen LogP contribution is -2.22. The van der Waals surface area contributed by atoms with Gasteiger partial charge in [-0.2, -0.15) is 0 Å². The Kier molecular flexibility index (Phi) is 2.64. The zero-order valence-corrected chi connectivity index (χ0v) is 12.9. The predicted molar refractivity (Wildman–Crippen MR) is 87.7 cm³/mol. The molecule has 110 valence electrons. The summed E-state index contributed by atoms with van der Waals surface area (Å²) in [6.45, 7) is 6.58. The predicted octanol–water partition coefficient (Wildman–Crippen LogP) is 4.60. The molecule has 4 heteroatoms. The van der Waals surface area contributed by atoms with Crippen LogP contribution < -0.4 is 0 Å². The summed E-state index contributed by atoms with van der Waals surface area (Å²) in [6.07, 6.45) is 1.47. The van der Waals surface area contributed by atoms with Gasteiger partial charge in [-0.25, -0.2) is 9.97 Å². The summed E-state index contributed by atoms with van der Waals surface area (Å²) >= 11 is 0. The summed E-state index contributed by atoms with van der Waals surface area (Å²) in [5.41, 5.74) is 4.78. The number of hydrogen-bond donors (Lipinski definition) is 0. The van der Waals surface area contributed by atoms with Crippen LogP contribution in [0, 0.1) is 0 Å². The minimum atomic E-state index is -0.0653. The molecular formula is C18H17N3O. The van der Waals surface area contributed by atoms with Crippen LogP contribution in [0.4, 0.5) is 0 Å². The highest BCUT2D eigenvalue weighted by atomic mass is 16.3. The van der Waals surface area contributed by atoms with Gasteiger partial charge in [-0.05, 0) is 51.1 Å². The van der Waals surface area contributed by atoms with Gasteiger partial charge in [-0.3, -0.25) is 0 Å². The lowest BCUT2D eigenvalue weighted by atomic mass is 10.1. The molecule has 0 saturated carbocycles. The maximum absolute atomic E-state index is 5.33. The Morgan fingerprint density at radius 3 is 2.64 bits per heavy atom. The van der Waals surface area contributed by atoms with Gasteiger partial charge in [-0.1, -0.05) is 12.1 Å². The lowest BCUT2D eigenvalue weighted by molar-refractivity contribution is 0.413. The van der Waals surface area contributed by atoms with Crippen LogP contribution >= 0.6 is 0 Å². The standard InChI is InChI=1S/C18H17N3O/c1-18(2,3)21-15-7-5-4-6-13(15)20-17(21)12-8-9-16-14(10-12)19-11-22-16/h4-11H,1-3H3. The Labute approximate surface area is 128 Å². The van der Waals surface area contributed by atoms with Crippen molar-refractivity contribution in [2.75, 3.05) is 0 Å². The molecule has 4 aromatic rings. The molecule has 0 amide bonds. The fraction of sp³-hybridized carbons (Fsp3) is 0.222. The zero-order valence-electron chi connectivity index (χ0n) is 12.9. The number of oxazole rings is 1. The highest BCUT2D eigenvalue weighted by Crippen LogP contribution is 2.32. The Balaban J connectivity index is 2.04. The van der Waals surface area contributed by atoms with Crippen LogP contribution in [0.15, 0.2) is 53.3 Å². The summed E-state index contributed by atoms with van der Waals surface area (Å²) in [5, 5.41) is 0. The molecule has 0 atom stereocenters. The summed E-state index contributed by atoms with van der Waals surface area (Å²) < 4.78 is 7.61. The second-order valence-corrected chi connectivity index (χ2v) is 6.47. The molecule has 0 aliphatic heterocycles. The third kappa shape index (κ3) is 1.91. The molecule has 0 spiro atoms. The van der Waals surface area contributed by atoms with E-state index >= 15 is 0 Å². The molecule has 22 heavy (non-hydrogen) atoms. The van der Waals surface area contributed by atoms with E-state index in [-0.39, 0.29) is 5.54 Å². The summed E-state index contributed by atoms with van der Waals surface area (Å²) in [7, 11) is 0. The van der Waals surface area contributed by atoms with Gasteiger partial charge in [0.25, 0.3) is 0 Å². The molecule has 0 N–H and O–H groups in total. The second-order valence-electron chi connectivity index (χ2n) is 6.47. The molecule has 4 nitrogen and oxygen atoms in total. The van der Waals surface area contributed by atoms with Crippen LogP contribution in [0.5, 0.6) is 0 Å². The van der Waals surface area contributed by atoms with Gasteiger partial charge in [-0.15, -0.1) is 0 Å². The largest absolute Gasteiger partial charge is 0.443 e. The summed E-state index contributed by atoms with van der Waals surface area (Å²) in [4.78, 5) is 9.09. The van der Waals surface area contributed by atoms with E-state index in [0.717, 1.165) is 33.5 Å². The molecule has 0 aliphatic rings. The molecule has 2 aromatic carbocycles. The van der Waals surface area contributed by atoms with E-state index in [2.05, 4.69) is 48.5 Å². The highest BCUT2D eigenvalue weighted by molar-refractivity contribution is 5.84. The smallest absolute Gasteiger partial charge is 0.181 e. The van der Waals surface area contributed by atoms with Crippen molar-refractivity contribution in [1.82, 2.24) is 14.5 Å². The number of hydrogen-bond acceptors (Lipinski definition) is 3. The molecular weight excluding hydrogens is 274 g/mol. The molecule has 2 heterocycles. The first-order chi connectivity index (χ1) is 10.5. The average molecular weight is 291 g/mol. The maximum atomic E-state index is 5.33. The monoisotopic (exact) mass is 291 g/mol. The molecule has 2 aromatic heterocycles. The molecule has 0 saturated heterocycles. The van der Waals surface area contributed by atoms with Crippen molar-refractivity contribution in [3.63, 3.8) is 0 Å². The Bertz CT molecular complexity index is 973. The zero-order chi connectivity index (χ0) is 15.3. The molecule has 0 fully saturated rings. The van der Waals surface area contributed by atoms with E-state index in [1.54, 1.807) is 0 Å². The van der Waals surface area contributed by atoms with Gasteiger partial charge in [0, 0.05) is 11.1 Å². The molecule has 0 unspecified atom stereocenters. The van der Waals surface area contributed by atoms with E-state index in [9.17, 15) is 0 Å². The van der Waals surface area contributed by atoms with Crippen LogP contribution in [0.3, 0.4) is 0 Å². The molecule has 0 radical (unpaired) electrons.